The fourth-order valence-corrected chi connectivity index (χ4v) is 8.12. The molecule has 0 spiro atoms. The number of hydrogen-bond acceptors (Lipinski definition) is 0. The highest BCUT2D eigenvalue weighted by Crippen LogP contribution is 2.42. The molecule has 0 nitrogen and oxygen atoms in total. The lowest BCUT2D eigenvalue weighted by Gasteiger charge is -2.17. The summed E-state index contributed by atoms with van der Waals surface area (Å²) in [4.78, 5) is 0. The molecule has 0 saturated carbocycles. The molecule has 0 aliphatic carbocycles. The molecular formula is C52H34. The standard InChI is InChI=1S/C52H34/c1-4-14-35(15-5-1)43-22-12-25-47-44(23-13-24-46(43)47)40-26-28-45-42(30-40)34-50(37-18-8-3-9-19-37)52-33-41(27-29-48(45)52)51-32-39-21-11-10-20-38(39)31-49(51)36-16-6-2-7-17-36/h1-34H. The molecule has 0 bridgehead atoms. The summed E-state index contributed by atoms with van der Waals surface area (Å²) in [6, 6.07) is 75.6. The van der Waals surface area contributed by atoms with Crippen molar-refractivity contribution in [2.24, 2.45) is 0 Å². The highest BCUT2D eigenvalue weighted by Gasteiger charge is 2.16. The summed E-state index contributed by atoms with van der Waals surface area (Å²) in [5.74, 6) is 0. The molecule has 0 aromatic heterocycles. The van der Waals surface area contributed by atoms with Gasteiger partial charge in [-0.25, -0.2) is 0 Å². The van der Waals surface area contributed by atoms with Gasteiger partial charge in [0.15, 0.2) is 0 Å². The van der Waals surface area contributed by atoms with Crippen LogP contribution in [0.15, 0.2) is 206 Å². The summed E-state index contributed by atoms with van der Waals surface area (Å²) >= 11 is 0. The molecule has 10 rings (SSSR count). The molecule has 52 heavy (non-hydrogen) atoms. The van der Waals surface area contributed by atoms with Crippen molar-refractivity contribution in [2.45, 2.75) is 0 Å². The Morgan fingerprint density at radius 1 is 0.173 bits per heavy atom. The van der Waals surface area contributed by atoms with Gasteiger partial charge >= 0.3 is 0 Å². The fourth-order valence-electron chi connectivity index (χ4n) is 8.12. The monoisotopic (exact) mass is 658 g/mol. The molecule has 10 aromatic carbocycles. The van der Waals surface area contributed by atoms with Crippen LogP contribution in [-0.2, 0) is 0 Å². The number of hydrogen-bond donors (Lipinski definition) is 0. The SMILES string of the molecule is c1ccc(-c2cc3ccccc3cc2-c2ccc3c(c2)c(-c2ccccc2)cc2cc(-c4cccc5c(-c6ccccc6)cccc45)ccc23)cc1. The molecule has 0 atom stereocenters. The van der Waals surface area contributed by atoms with Crippen molar-refractivity contribution in [3.05, 3.63) is 206 Å². The molecule has 0 N–H and O–H groups in total. The summed E-state index contributed by atoms with van der Waals surface area (Å²) < 4.78 is 0. The minimum Gasteiger partial charge on any atom is -0.0622 e. The summed E-state index contributed by atoms with van der Waals surface area (Å²) in [6.45, 7) is 0. The van der Waals surface area contributed by atoms with E-state index in [1.165, 1.54) is 98.7 Å². The second-order valence-electron chi connectivity index (χ2n) is 13.7. The second-order valence-corrected chi connectivity index (χ2v) is 13.7. The van der Waals surface area contributed by atoms with E-state index in [0.717, 1.165) is 0 Å². The van der Waals surface area contributed by atoms with E-state index in [0.29, 0.717) is 0 Å². The first-order valence-electron chi connectivity index (χ1n) is 18.0. The Balaban J connectivity index is 1.18. The molecule has 0 radical (unpaired) electrons. The van der Waals surface area contributed by atoms with Gasteiger partial charge in [-0.05, 0) is 129 Å². The van der Waals surface area contributed by atoms with Gasteiger partial charge in [0.1, 0.15) is 0 Å². The van der Waals surface area contributed by atoms with E-state index in [-0.39, 0.29) is 0 Å². The molecule has 0 heterocycles. The topological polar surface area (TPSA) is 0 Å². The minimum atomic E-state index is 1.22. The van der Waals surface area contributed by atoms with Crippen molar-refractivity contribution >= 4 is 43.1 Å². The van der Waals surface area contributed by atoms with Crippen molar-refractivity contribution in [1.82, 2.24) is 0 Å². The molecule has 0 saturated heterocycles. The summed E-state index contributed by atoms with van der Waals surface area (Å²) in [6.07, 6.45) is 0. The van der Waals surface area contributed by atoms with Crippen LogP contribution in [0.4, 0.5) is 0 Å². The summed E-state index contributed by atoms with van der Waals surface area (Å²) in [5, 5.41) is 10.1. The fraction of sp³-hybridized carbons (Fsp3) is 0. The van der Waals surface area contributed by atoms with Crippen LogP contribution in [0, 0.1) is 0 Å². The first-order valence-corrected chi connectivity index (χ1v) is 18.0. The first kappa shape index (κ1) is 30.1. The zero-order valence-corrected chi connectivity index (χ0v) is 28.6. The van der Waals surface area contributed by atoms with Gasteiger partial charge in [-0.2, -0.15) is 0 Å². The van der Waals surface area contributed by atoms with Crippen LogP contribution in [0.5, 0.6) is 0 Å². The van der Waals surface area contributed by atoms with E-state index in [1.54, 1.807) is 0 Å². The van der Waals surface area contributed by atoms with Crippen LogP contribution in [0.3, 0.4) is 0 Å². The molecule has 10 aromatic rings. The number of rotatable bonds is 5. The number of fused-ring (bicyclic) bond motifs is 5. The quantitative estimate of drug-likeness (QED) is 0.161. The lowest BCUT2D eigenvalue weighted by molar-refractivity contribution is 1.61. The maximum absolute atomic E-state index is 2.41. The lowest BCUT2D eigenvalue weighted by Crippen LogP contribution is -1.90. The maximum atomic E-state index is 2.41. The largest absolute Gasteiger partial charge is 0.0622 e. The smallest absolute Gasteiger partial charge is 0.00928 e. The van der Waals surface area contributed by atoms with E-state index in [4.69, 9.17) is 0 Å². The highest BCUT2D eigenvalue weighted by atomic mass is 14.2. The third-order valence-corrected chi connectivity index (χ3v) is 10.6. The highest BCUT2D eigenvalue weighted by molar-refractivity contribution is 6.16. The van der Waals surface area contributed by atoms with E-state index >= 15 is 0 Å². The average Bonchev–Trinajstić information content (AvgIpc) is 3.23. The van der Waals surface area contributed by atoms with Crippen LogP contribution in [-0.4, -0.2) is 0 Å². The van der Waals surface area contributed by atoms with Gasteiger partial charge in [-0.3, -0.25) is 0 Å². The van der Waals surface area contributed by atoms with Gasteiger partial charge < -0.3 is 0 Å². The predicted molar refractivity (Wildman–Crippen MR) is 224 cm³/mol. The van der Waals surface area contributed by atoms with Gasteiger partial charge in [0.05, 0.1) is 0 Å². The Morgan fingerprint density at radius 3 is 1.21 bits per heavy atom. The van der Waals surface area contributed by atoms with Crippen LogP contribution in [0.2, 0.25) is 0 Å². The van der Waals surface area contributed by atoms with Gasteiger partial charge in [0.2, 0.25) is 0 Å². The van der Waals surface area contributed by atoms with Gasteiger partial charge in [-0.15, -0.1) is 0 Å². The third kappa shape index (κ3) is 5.16. The second kappa shape index (κ2) is 12.5. The molecule has 242 valence electrons. The molecule has 0 unspecified atom stereocenters. The Hall–Kier alpha value is -6.76. The Bertz CT molecular complexity index is 2920. The molecular weight excluding hydrogens is 625 g/mol. The van der Waals surface area contributed by atoms with Gasteiger partial charge in [0, 0.05) is 0 Å². The van der Waals surface area contributed by atoms with Crippen LogP contribution < -0.4 is 0 Å². The molecule has 0 heteroatoms. The Kier molecular flexibility index (Phi) is 7.25. The molecule has 0 fully saturated rings. The Morgan fingerprint density at radius 2 is 0.615 bits per heavy atom. The van der Waals surface area contributed by atoms with Crippen molar-refractivity contribution in [3.63, 3.8) is 0 Å². The van der Waals surface area contributed by atoms with Gasteiger partial charge in [-0.1, -0.05) is 176 Å². The van der Waals surface area contributed by atoms with Crippen molar-refractivity contribution in [2.75, 3.05) is 0 Å². The number of benzene rings is 10. The van der Waals surface area contributed by atoms with E-state index < -0.39 is 0 Å². The predicted octanol–water partition coefficient (Wildman–Crippen LogP) is 14.6. The first-order chi connectivity index (χ1) is 25.8. The van der Waals surface area contributed by atoms with E-state index in [1.807, 2.05) is 0 Å². The normalized spacial score (nSPS) is 11.5. The third-order valence-electron chi connectivity index (χ3n) is 10.6. The molecule has 0 aliphatic heterocycles. The van der Waals surface area contributed by atoms with Crippen LogP contribution in [0.1, 0.15) is 0 Å². The van der Waals surface area contributed by atoms with Crippen molar-refractivity contribution in [3.8, 4) is 55.6 Å². The molecule has 0 aliphatic rings. The molecule has 0 amide bonds. The van der Waals surface area contributed by atoms with Crippen LogP contribution >= 0.6 is 0 Å². The zero-order chi connectivity index (χ0) is 34.4. The summed E-state index contributed by atoms with van der Waals surface area (Å²) in [5.41, 5.74) is 12.4. The Labute approximate surface area is 303 Å². The van der Waals surface area contributed by atoms with Gasteiger partial charge in [0.25, 0.3) is 0 Å². The van der Waals surface area contributed by atoms with Crippen molar-refractivity contribution < 1.29 is 0 Å². The van der Waals surface area contributed by atoms with Crippen LogP contribution in [0.25, 0.3) is 98.7 Å². The lowest BCUT2D eigenvalue weighted by atomic mass is 9.87. The van der Waals surface area contributed by atoms with E-state index in [9.17, 15) is 0 Å². The summed E-state index contributed by atoms with van der Waals surface area (Å²) in [7, 11) is 0. The maximum Gasteiger partial charge on any atom is -0.00928 e. The van der Waals surface area contributed by atoms with Crippen molar-refractivity contribution in [1.29, 1.82) is 0 Å². The van der Waals surface area contributed by atoms with E-state index in [2.05, 4.69) is 206 Å². The average molecular weight is 659 g/mol. The minimum absolute atomic E-state index is 1.22. The zero-order valence-electron chi connectivity index (χ0n) is 28.6.